The molecule has 0 saturated carbocycles. The van der Waals surface area contributed by atoms with Crippen LogP contribution < -0.4 is 5.32 Å². The van der Waals surface area contributed by atoms with Crippen LogP contribution in [0.4, 0.5) is 0 Å². The van der Waals surface area contributed by atoms with E-state index in [0.29, 0.717) is 12.1 Å². The molecule has 2 rings (SSSR count). The first kappa shape index (κ1) is 10.7. The Hall–Kier alpha value is -0.860. The number of fused-ring (bicyclic) bond motifs is 1. The molecule has 0 spiro atoms. The van der Waals surface area contributed by atoms with Crippen LogP contribution in [0.3, 0.4) is 0 Å². The molecule has 0 aliphatic carbocycles. The normalized spacial score (nSPS) is 19.9. The number of benzene rings is 1. The number of hydrogen-bond donors (Lipinski definition) is 1. The zero-order valence-corrected chi connectivity index (χ0v) is 9.83. The van der Waals surface area contributed by atoms with Gasteiger partial charge in [-0.2, -0.15) is 0 Å². The molecule has 0 fully saturated rings. The molecule has 1 aliphatic rings. The van der Waals surface area contributed by atoms with Gasteiger partial charge in [-0.05, 0) is 32.0 Å². The summed E-state index contributed by atoms with van der Waals surface area (Å²) in [6.07, 6.45) is 0. The third-order valence-electron chi connectivity index (χ3n) is 3.62. The van der Waals surface area contributed by atoms with E-state index in [1.54, 1.807) is 0 Å². The quantitative estimate of drug-likeness (QED) is 0.810. The van der Waals surface area contributed by atoms with Gasteiger partial charge in [-0.25, -0.2) is 0 Å². The lowest BCUT2D eigenvalue weighted by Crippen LogP contribution is -2.43. The van der Waals surface area contributed by atoms with Crippen molar-refractivity contribution in [2.75, 3.05) is 7.05 Å². The van der Waals surface area contributed by atoms with Gasteiger partial charge in [0.2, 0.25) is 0 Å². The van der Waals surface area contributed by atoms with Crippen molar-refractivity contribution in [1.29, 1.82) is 0 Å². The molecule has 82 valence electrons. The number of rotatable bonds is 3. The lowest BCUT2D eigenvalue weighted by molar-refractivity contribution is 0.180. The minimum atomic E-state index is 0.541. The lowest BCUT2D eigenvalue weighted by Gasteiger charge is -2.29. The second kappa shape index (κ2) is 4.33. The van der Waals surface area contributed by atoms with Gasteiger partial charge in [-0.3, -0.25) is 4.90 Å². The maximum atomic E-state index is 3.33. The topological polar surface area (TPSA) is 15.3 Å². The van der Waals surface area contributed by atoms with Crippen LogP contribution >= 0.6 is 0 Å². The second-order valence-electron chi connectivity index (χ2n) is 4.49. The fraction of sp³-hybridized carbons (Fsp3) is 0.538. The Balaban J connectivity index is 2.07. The summed E-state index contributed by atoms with van der Waals surface area (Å²) in [6.45, 7) is 6.74. The Morgan fingerprint density at radius 2 is 1.67 bits per heavy atom. The number of likely N-dealkylation sites (N-methyl/N-ethyl adjacent to an activating group) is 1. The zero-order chi connectivity index (χ0) is 10.8. The van der Waals surface area contributed by atoms with E-state index in [-0.39, 0.29) is 0 Å². The van der Waals surface area contributed by atoms with Gasteiger partial charge in [0.1, 0.15) is 0 Å². The van der Waals surface area contributed by atoms with E-state index in [1.165, 1.54) is 11.1 Å². The molecule has 2 heteroatoms. The summed E-state index contributed by atoms with van der Waals surface area (Å²) in [5.41, 5.74) is 2.99. The van der Waals surface area contributed by atoms with Crippen LogP contribution in [0.1, 0.15) is 25.0 Å². The van der Waals surface area contributed by atoms with Crippen LogP contribution in [0.25, 0.3) is 0 Å². The van der Waals surface area contributed by atoms with Gasteiger partial charge in [0.15, 0.2) is 0 Å². The molecule has 1 aliphatic heterocycles. The Morgan fingerprint density at radius 3 is 2.13 bits per heavy atom. The van der Waals surface area contributed by atoms with E-state index in [2.05, 4.69) is 48.3 Å². The molecule has 1 aromatic carbocycles. The first-order valence-corrected chi connectivity index (χ1v) is 5.70. The number of nitrogens with zero attached hydrogens (tertiary/aromatic N) is 1. The Bertz CT molecular complexity index is 310. The van der Waals surface area contributed by atoms with Crippen molar-refractivity contribution in [1.82, 2.24) is 10.2 Å². The van der Waals surface area contributed by atoms with Gasteiger partial charge in [-0.15, -0.1) is 0 Å². The molecule has 2 nitrogen and oxygen atoms in total. The van der Waals surface area contributed by atoms with E-state index in [1.807, 2.05) is 7.05 Å². The molecule has 2 unspecified atom stereocenters. The van der Waals surface area contributed by atoms with E-state index < -0.39 is 0 Å². The Labute approximate surface area is 92.3 Å². The first-order valence-electron chi connectivity index (χ1n) is 5.70. The third-order valence-corrected chi connectivity index (χ3v) is 3.62. The molecule has 1 aromatic rings. The Morgan fingerprint density at radius 1 is 1.13 bits per heavy atom. The summed E-state index contributed by atoms with van der Waals surface area (Å²) in [5, 5.41) is 3.33. The van der Waals surface area contributed by atoms with E-state index in [0.717, 1.165) is 13.1 Å². The van der Waals surface area contributed by atoms with Crippen LogP contribution in [0.15, 0.2) is 24.3 Å². The van der Waals surface area contributed by atoms with Gasteiger partial charge >= 0.3 is 0 Å². The van der Waals surface area contributed by atoms with Gasteiger partial charge in [0, 0.05) is 25.2 Å². The maximum absolute atomic E-state index is 3.33. The largest absolute Gasteiger partial charge is 0.316 e. The Kier molecular flexibility index (Phi) is 3.08. The third kappa shape index (κ3) is 2.06. The molecule has 0 saturated heterocycles. The van der Waals surface area contributed by atoms with Crippen LogP contribution in [-0.2, 0) is 13.1 Å². The first-order chi connectivity index (χ1) is 7.22. The summed E-state index contributed by atoms with van der Waals surface area (Å²) in [4.78, 5) is 2.53. The van der Waals surface area contributed by atoms with Gasteiger partial charge in [-0.1, -0.05) is 24.3 Å². The lowest BCUT2D eigenvalue weighted by atomic mass is 10.1. The molecule has 1 heterocycles. The van der Waals surface area contributed by atoms with Crippen LogP contribution in [0.5, 0.6) is 0 Å². The van der Waals surface area contributed by atoms with E-state index >= 15 is 0 Å². The highest BCUT2D eigenvalue weighted by Gasteiger charge is 2.25. The van der Waals surface area contributed by atoms with E-state index in [9.17, 15) is 0 Å². The van der Waals surface area contributed by atoms with Crippen molar-refractivity contribution in [3.63, 3.8) is 0 Å². The van der Waals surface area contributed by atoms with Crippen LogP contribution in [0.2, 0.25) is 0 Å². The van der Waals surface area contributed by atoms with Gasteiger partial charge in [0.05, 0.1) is 0 Å². The number of hydrogen-bond acceptors (Lipinski definition) is 2. The average Bonchev–Trinajstić information content (AvgIpc) is 2.70. The summed E-state index contributed by atoms with van der Waals surface area (Å²) in [5.74, 6) is 0. The second-order valence-corrected chi connectivity index (χ2v) is 4.49. The SMILES string of the molecule is CNC(C)C(C)N1Cc2ccccc2C1. The molecule has 0 radical (unpaired) electrons. The standard InChI is InChI=1S/C13H20N2/c1-10(14-3)11(2)15-8-12-6-4-5-7-13(12)9-15/h4-7,10-11,14H,8-9H2,1-3H3. The molecule has 1 N–H and O–H groups in total. The van der Waals surface area contributed by atoms with Crippen LogP contribution in [-0.4, -0.2) is 24.0 Å². The summed E-state index contributed by atoms with van der Waals surface area (Å²) in [7, 11) is 2.03. The van der Waals surface area contributed by atoms with Crippen molar-refractivity contribution < 1.29 is 0 Å². The highest BCUT2D eigenvalue weighted by atomic mass is 15.2. The zero-order valence-electron chi connectivity index (χ0n) is 9.83. The number of nitrogens with one attached hydrogen (secondary N) is 1. The average molecular weight is 204 g/mol. The molecule has 15 heavy (non-hydrogen) atoms. The van der Waals surface area contributed by atoms with Crippen molar-refractivity contribution in [2.24, 2.45) is 0 Å². The molecular formula is C13H20N2. The summed E-state index contributed by atoms with van der Waals surface area (Å²) in [6, 6.07) is 9.88. The van der Waals surface area contributed by atoms with Crippen molar-refractivity contribution in [2.45, 2.75) is 39.0 Å². The van der Waals surface area contributed by atoms with Crippen molar-refractivity contribution >= 4 is 0 Å². The fourth-order valence-electron chi connectivity index (χ4n) is 2.20. The molecule has 0 aromatic heterocycles. The van der Waals surface area contributed by atoms with Crippen molar-refractivity contribution in [3.8, 4) is 0 Å². The fourth-order valence-corrected chi connectivity index (χ4v) is 2.20. The molecule has 0 amide bonds. The maximum Gasteiger partial charge on any atom is 0.0244 e. The molecule has 0 bridgehead atoms. The predicted octanol–water partition coefficient (Wildman–Crippen LogP) is 2.00. The highest BCUT2D eigenvalue weighted by Crippen LogP contribution is 2.24. The monoisotopic (exact) mass is 204 g/mol. The van der Waals surface area contributed by atoms with Gasteiger partial charge in [0.25, 0.3) is 0 Å². The van der Waals surface area contributed by atoms with Crippen LogP contribution in [0, 0.1) is 0 Å². The minimum Gasteiger partial charge on any atom is -0.316 e. The molecule has 2 atom stereocenters. The van der Waals surface area contributed by atoms with Gasteiger partial charge < -0.3 is 5.32 Å². The predicted molar refractivity (Wildman–Crippen MR) is 63.7 cm³/mol. The summed E-state index contributed by atoms with van der Waals surface area (Å²) >= 11 is 0. The molecular weight excluding hydrogens is 184 g/mol. The smallest absolute Gasteiger partial charge is 0.0244 e. The highest BCUT2D eigenvalue weighted by molar-refractivity contribution is 5.30. The minimum absolute atomic E-state index is 0.541. The van der Waals surface area contributed by atoms with Crippen molar-refractivity contribution in [3.05, 3.63) is 35.4 Å². The van der Waals surface area contributed by atoms with E-state index in [4.69, 9.17) is 0 Å². The summed E-state index contributed by atoms with van der Waals surface area (Å²) < 4.78 is 0.